The van der Waals surface area contributed by atoms with Gasteiger partial charge in [-0.1, -0.05) is 35.0 Å². The van der Waals surface area contributed by atoms with Crippen LogP contribution < -0.4 is 5.32 Å². The fraction of sp³-hybridized carbons (Fsp3) is 0.174. The van der Waals surface area contributed by atoms with Gasteiger partial charge in [0.25, 0.3) is 5.91 Å². The van der Waals surface area contributed by atoms with Crippen molar-refractivity contribution in [2.24, 2.45) is 0 Å². The highest BCUT2D eigenvalue weighted by Crippen LogP contribution is 2.25. The fourth-order valence-corrected chi connectivity index (χ4v) is 3.21. The summed E-state index contributed by atoms with van der Waals surface area (Å²) in [6, 6.07) is 13.6. The zero-order valence-corrected chi connectivity index (χ0v) is 17.1. The third-order valence-electron chi connectivity index (χ3n) is 4.90. The van der Waals surface area contributed by atoms with Crippen LogP contribution in [0, 0.1) is 13.8 Å². The normalized spacial score (nSPS) is 11.8. The van der Waals surface area contributed by atoms with E-state index in [1.54, 1.807) is 29.5 Å². The number of rotatable bonds is 5. The summed E-state index contributed by atoms with van der Waals surface area (Å²) in [5.74, 6) is -0.193. The van der Waals surface area contributed by atoms with Gasteiger partial charge in [-0.05, 0) is 50.1 Å². The molecule has 1 unspecified atom stereocenters. The van der Waals surface area contributed by atoms with E-state index in [4.69, 9.17) is 0 Å². The molecule has 0 saturated heterocycles. The molecule has 2 aromatic heterocycles. The second kappa shape index (κ2) is 8.24. The van der Waals surface area contributed by atoms with Gasteiger partial charge in [-0.2, -0.15) is 0 Å². The maximum absolute atomic E-state index is 13.1. The van der Waals surface area contributed by atoms with Crippen LogP contribution in [0.5, 0.6) is 0 Å². The Hall–Kier alpha value is -3.87. The second-order valence-electron chi connectivity index (χ2n) is 7.25. The molecule has 0 radical (unpaired) electrons. The van der Waals surface area contributed by atoms with Crippen molar-refractivity contribution in [3.8, 4) is 16.8 Å². The Kier molecular flexibility index (Phi) is 5.34. The summed E-state index contributed by atoms with van der Waals surface area (Å²) in [4.78, 5) is 21.4. The highest BCUT2D eigenvalue weighted by molar-refractivity contribution is 5.96. The van der Waals surface area contributed by atoms with Gasteiger partial charge in [-0.3, -0.25) is 14.8 Å². The molecule has 1 atom stereocenters. The lowest BCUT2D eigenvalue weighted by atomic mass is 10.0. The Morgan fingerprint density at radius 1 is 1.00 bits per heavy atom. The lowest BCUT2D eigenvalue weighted by Crippen LogP contribution is -2.27. The van der Waals surface area contributed by atoms with E-state index in [2.05, 4.69) is 37.7 Å². The predicted octanol–water partition coefficient (Wildman–Crippen LogP) is 3.83. The maximum Gasteiger partial charge on any atom is 0.251 e. The van der Waals surface area contributed by atoms with Crippen molar-refractivity contribution in [2.45, 2.75) is 26.8 Å². The Bertz CT molecular complexity index is 1170. The van der Waals surface area contributed by atoms with E-state index in [0.717, 1.165) is 22.5 Å². The molecule has 2 heterocycles. The molecule has 1 N–H and O–H groups in total. The van der Waals surface area contributed by atoms with Gasteiger partial charge in [0.2, 0.25) is 0 Å². The number of nitrogens with zero attached hydrogens (tertiary/aromatic N) is 5. The molecule has 4 rings (SSSR count). The number of carbonyl (C=O) groups excluding carboxylic acids is 1. The standard InChI is InChI=1S/C23H22N6O/c1-15-4-6-18(7-5-15)19-10-20(12-21(11-19)29-16(2)13-26-28-29)23(30)27-17(3)22-14-24-8-9-25-22/h4-14,17H,1-3H3,(H,27,30). The Morgan fingerprint density at radius 2 is 1.80 bits per heavy atom. The molecule has 2 aromatic carbocycles. The maximum atomic E-state index is 13.1. The summed E-state index contributed by atoms with van der Waals surface area (Å²) in [6.07, 6.45) is 6.56. The van der Waals surface area contributed by atoms with E-state index in [0.29, 0.717) is 11.3 Å². The molecule has 1 amide bonds. The number of aryl methyl sites for hydroxylation is 2. The van der Waals surface area contributed by atoms with Gasteiger partial charge in [-0.25, -0.2) is 4.68 Å². The smallest absolute Gasteiger partial charge is 0.251 e. The van der Waals surface area contributed by atoms with Crippen LogP contribution in [0.2, 0.25) is 0 Å². The van der Waals surface area contributed by atoms with Crippen LogP contribution >= 0.6 is 0 Å². The number of hydrogen-bond acceptors (Lipinski definition) is 5. The second-order valence-corrected chi connectivity index (χ2v) is 7.25. The van der Waals surface area contributed by atoms with E-state index in [-0.39, 0.29) is 11.9 Å². The highest BCUT2D eigenvalue weighted by Gasteiger charge is 2.16. The molecule has 0 aliphatic carbocycles. The van der Waals surface area contributed by atoms with Crippen molar-refractivity contribution in [1.82, 2.24) is 30.3 Å². The minimum atomic E-state index is -0.272. The minimum absolute atomic E-state index is 0.193. The summed E-state index contributed by atoms with van der Waals surface area (Å²) < 4.78 is 1.72. The van der Waals surface area contributed by atoms with Gasteiger partial charge in [-0.15, -0.1) is 5.10 Å². The average molecular weight is 398 g/mol. The van der Waals surface area contributed by atoms with Crippen molar-refractivity contribution in [3.63, 3.8) is 0 Å². The van der Waals surface area contributed by atoms with E-state index in [1.807, 2.05) is 51.1 Å². The van der Waals surface area contributed by atoms with Crippen LogP contribution in [0.25, 0.3) is 16.8 Å². The van der Waals surface area contributed by atoms with Gasteiger partial charge in [0, 0.05) is 18.0 Å². The first-order chi connectivity index (χ1) is 14.5. The van der Waals surface area contributed by atoms with Crippen molar-refractivity contribution >= 4 is 5.91 Å². The molecule has 30 heavy (non-hydrogen) atoms. The number of aromatic nitrogens is 5. The third kappa shape index (κ3) is 4.10. The summed E-state index contributed by atoms with van der Waals surface area (Å²) in [5.41, 5.74) is 6.03. The van der Waals surface area contributed by atoms with Crippen molar-refractivity contribution in [2.75, 3.05) is 0 Å². The van der Waals surface area contributed by atoms with Crippen molar-refractivity contribution in [1.29, 1.82) is 0 Å². The summed E-state index contributed by atoms with van der Waals surface area (Å²) in [5, 5.41) is 11.1. The van der Waals surface area contributed by atoms with Gasteiger partial charge < -0.3 is 5.32 Å². The number of benzene rings is 2. The molecule has 7 nitrogen and oxygen atoms in total. The molecule has 0 spiro atoms. The van der Waals surface area contributed by atoms with E-state index < -0.39 is 0 Å². The molecule has 4 aromatic rings. The first-order valence-electron chi connectivity index (χ1n) is 9.68. The molecular formula is C23H22N6O. The van der Waals surface area contributed by atoms with Gasteiger partial charge in [0.1, 0.15) is 0 Å². The molecule has 7 heteroatoms. The Morgan fingerprint density at radius 3 is 2.47 bits per heavy atom. The minimum Gasteiger partial charge on any atom is -0.344 e. The molecular weight excluding hydrogens is 376 g/mol. The van der Waals surface area contributed by atoms with Crippen molar-refractivity contribution < 1.29 is 4.79 Å². The lowest BCUT2D eigenvalue weighted by molar-refractivity contribution is 0.0939. The highest BCUT2D eigenvalue weighted by atomic mass is 16.1. The first-order valence-corrected chi connectivity index (χ1v) is 9.68. The van der Waals surface area contributed by atoms with Gasteiger partial charge in [0.05, 0.1) is 35.5 Å². The number of nitrogens with one attached hydrogen (secondary N) is 1. The Labute approximate surface area is 174 Å². The van der Waals surface area contributed by atoms with Crippen LogP contribution in [-0.2, 0) is 0 Å². The van der Waals surface area contributed by atoms with Crippen LogP contribution in [0.3, 0.4) is 0 Å². The number of hydrogen-bond donors (Lipinski definition) is 1. The van der Waals surface area contributed by atoms with Crippen LogP contribution in [0.1, 0.15) is 40.3 Å². The van der Waals surface area contributed by atoms with Gasteiger partial charge >= 0.3 is 0 Å². The van der Waals surface area contributed by atoms with E-state index >= 15 is 0 Å². The summed E-state index contributed by atoms with van der Waals surface area (Å²) >= 11 is 0. The van der Waals surface area contributed by atoms with Crippen molar-refractivity contribution in [3.05, 3.63) is 89.8 Å². The van der Waals surface area contributed by atoms with Crippen LogP contribution in [-0.4, -0.2) is 30.9 Å². The fourth-order valence-electron chi connectivity index (χ4n) is 3.21. The Balaban J connectivity index is 1.73. The monoisotopic (exact) mass is 398 g/mol. The zero-order valence-electron chi connectivity index (χ0n) is 17.1. The number of amides is 1. The molecule has 0 saturated carbocycles. The molecule has 0 fully saturated rings. The molecule has 0 bridgehead atoms. The van der Waals surface area contributed by atoms with Crippen LogP contribution in [0.4, 0.5) is 0 Å². The molecule has 0 aliphatic rings. The molecule has 0 aliphatic heterocycles. The van der Waals surface area contributed by atoms with E-state index in [1.165, 1.54) is 5.56 Å². The average Bonchev–Trinajstić information content (AvgIpc) is 3.20. The summed E-state index contributed by atoms with van der Waals surface area (Å²) in [6.45, 7) is 5.86. The quantitative estimate of drug-likeness (QED) is 0.552. The lowest BCUT2D eigenvalue weighted by Gasteiger charge is -2.15. The SMILES string of the molecule is Cc1ccc(-c2cc(C(=O)NC(C)c3cnccn3)cc(-n3nncc3C)c2)cc1. The number of carbonyl (C=O) groups is 1. The van der Waals surface area contributed by atoms with Crippen LogP contribution in [0.15, 0.2) is 67.3 Å². The topological polar surface area (TPSA) is 85.6 Å². The summed E-state index contributed by atoms with van der Waals surface area (Å²) in [7, 11) is 0. The van der Waals surface area contributed by atoms with Gasteiger partial charge in [0.15, 0.2) is 0 Å². The zero-order chi connectivity index (χ0) is 21.1. The predicted molar refractivity (Wildman–Crippen MR) is 114 cm³/mol. The third-order valence-corrected chi connectivity index (χ3v) is 4.90. The molecule has 150 valence electrons. The first kappa shape index (κ1) is 19.4. The van der Waals surface area contributed by atoms with E-state index in [9.17, 15) is 4.79 Å². The largest absolute Gasteiger partial charge is 0.344 e.